The van der Waals surface area contributed by atoms with Gasteiger partial charge in [0.2, 0.25) is 0 Å². The zero-order valence-corrected chi connectivity index (χ0v) is 14.9. The van der Waals surface area contributed by atoms with E-state index in [2.05, 4.69) is 36.6 Å². The van der Waals surface area contributed by atoms with E-state index in [9.17, 15) is 8.42 Å². The lowest BCUT2D eigenvalue weighted by Gasteiger charge is -2.12. The highest BCUT2D eigenvalue weighted by Crippen LogP contribution is 2.29. The van der Waals surface area contributed by atoms with Crippen LogP contribution in [0, 0.1) is 0 Å². The van der Waals surface area contributed by atoms with Crippen LogP contribution in [0.1, 0.15) is 0 Å². The Morgan fingerprint density at radius 1 is 1.14 bits per heavy atom. The van der Waals surface area contributed by atoms with Gasteiger partial charge < -0.3 is 10.5 Å². The maximum absolute atomic E-state index is 12.4. The number of halogens is 2. The molecular weight excluding hydrogens is 424 g/mol. The largest absolute Gasteiger partial charge is 0.495 e. The molecule has 0 atom stereocenters. The molecule has 0 heterocycles. The van der Waals surface area contributed by atoms with E-state index in [1.807, 2.05) is 0 Å². The molecule has 0 radical (unpaired) electrons. The SMILES string of the molecule is COc1ccc(NS(=O)(=O)c2cc(Br)ccc2Br)cc1N. The number of methoxy groups -OCH3 is 1. The summed E-state index contributed by atoms with van der Waals surface area (Å²) in [6, 6.07) is 9.60. The maximum Gasteiger partial charge on any atom is 0.263 e. The summed E-state index contributed by atoms with van der Waals surface area (Å²) in [7, 11) is -2.23. The van der Waals surface area contributed by atoms with E-state index < -0.39 is 10.0 Å². The summed E-state index contributed by atoms with van der Waals surface area (Å²) in [6.07, 6.45) is 0. The van der Waals surface area contributed by atoms with Gasteiger partial charge in [-0.15, -0.1) is 0 Å². The monoisotopic (exact) mass is 434 g/mol. The molecule has 112 valence electrons. The highest BCUT2D eigenvalue weighted by molar-refractivity contribution is 9.11. The first-order chi connectivity index (χ1) is 9.83. The van der Waals surface area contributed by atoms with Gasteiger partial charge >= 0.3 is 0 Å². The molecule has 0 bridgehead atoms. The van der Waals surface area contributed by atoms with Crippen molar-refractivity contribution < 1.29 is 13.2 Å². The number of hydrogen-bond acceptors (Lipinski definition) is 4. The second-order valence-corrected chi connectivity index (χ2v) is 7.56. The second kappa shape index (κ2) is 6.25. The average molecular weight is 436 g/mol. The summed E-state index contributed by atoms with van der Waals surface area (Å²) in [5, 5.41) is 0. The summed E-state index contributed by atoms with van der Waals surface area (Å²) in [5.74, 6) is 0.488. The second-order valence-electron chi connectivity index (χ2n) is 4.14. The Balaban J connectivity index is 2.37. The average Bonchev–Trinajstić information content (AvgIpc) is 2.41. The standard InChI is InChI=1S/C13H12Br2N2O3S/c1-20-12-5-3-9(7-11(12)16)17-21(18,19)13-6-8(14)2-4-10(13)15/h2-7,17H,16H2,1H3. The molecule has 5 nitrogen and oxygen atoms in total. The number of ether oxygens (including phenoxy) is 1. The first-order valence-electron chi connectivity index (χ1n) is 5.75. The van der Waals surface area contributed by atoms with Crippen LogP contribution >= 0.6 is 31.9 Å². The van der Waals surface area contributed by atoms with Gasteiger partial charge in [0.1, 0.15) is 10.6 Å². The molecule has 0 aliphatic heterocycles. The normalized spacial score (nSPS) is 11.2. The first-order valence-corrected chi connectivity index (χ1v) is 8.82. The molecule has 3 N–H and O–H groups in total. The summed E-state index contributed by atoms with van der Waals surface area (Å²) >= 11 is 6.49. The fourth-order valence-electron chi connectivity index (χ4n) is 1.69. The number of benzene rings is 2. The van der Waals surface area contributed by atoms with Crippen molar-refractivity contribution in [2.75, 3.05) is 17.6 Å². The van der Waals surface area contributed by atoms with Crippen LogP contribution in [0.5, 0.6) is 5.75 Å². The van der Waals surface area contributed by atoms with Gasteiger partial charge in [-0.3, -0.25) is 4.72 Å². The fourth-order valence-corrected chi connectivity index (χ4v) is 4.24. The number of nitrogens with one attached hydrogen (secondary N) is 1. The van der Waals surface area contributed by atoms with Gasteiger partial charge in [0.25, 0.3) is 10.0 Å². The van der Waals surface area contributed by atoms with E-state index in [-0.39, 0.29) is 4.90 Å². The van der Waals surface area contributed by atoms with Crippen molar-refractivity contribution in [3.05, 3.63) is 45.3 Å². The molecule has 2 rings (SSSR count). The predicted octanol–water partition coefficient (Wildman–Crippen LogP) is 3.60. The molecule has 0 aliphatic carbocycles. The molecular formula is C13H12Br2N2O3S. The number of hydrogen-bond donors (Lipinski definition) is 2. The molecule has 0 aromatic heterocycles. The molecule has 0 unspecified atom stereocenters. The first kappa shape index (κ1) is 16.1. The molecule has 8 heteroatoms. The molecule has 2 aromatic carbocycles. The van der Waals surface area contributed by atoms with E-state index >= 15 is 0 Å². The number of nitrogen functional groups attached to an aromatic ring is 1. The molecule has 2 aromatic rings. The van der Waals surface area contributed by atoms with E-state index in [0.29, 0.717) is 26.1 Å². The Kier molecular flexibility index (Phi) is 4.80. The van der Waals surface area contributed by atoms with Gasteiger partial charge in [-0.1, -0.05) is 15.9 Å². The molecule has 0 amide bonds. The Morgan fingerprint density at radius 3 is 2.48 bits per heavy atom. The molecule has 0 aliphatic rings. The maximum atomic E-state index is 12.4. The van der Waals surface area contributed by atoms with Crippen molar-refractivity contribution in [1.82, 2.24) is 0 Å². The lowest BCUT2D eigenvalue weighted by atomic mass is 10.2. The van der Waals surface area contributed by atoms with E-state index in [0.717, 1.165) is 0 Å². The zero-order chi connectivity index (χ0) is 15.6. The van der Waals surface area contributed by atoms with Gasteiger partial charge in [0.15, 0.2) is 0 Å². The molecule has 0 saturated heterocycles. The molecule has 21 heavy (non-hydrogen) atoms. The zero-order valence-electron chi connectivity index (χ0n) is 10.9. The van der Waals surface area contributed by atoms with Crippen molar-refractivity contribution in [2.24, 2.45) is 0 Å². The smallest absolute Gasteiger partial charge is 0.263 e. The summed E-state index contributed by atoms with van der Waals surface area (Å²) in [6.45, 7) is 0. The van der Waals surface area contributed by atoms with Gasteiger partial charge in [-0.05, 0) is 52.3 Å². The summed E-state index contributed by atoms with van der Waals surface area (Å²) in [5.41, 5.74) is 6.48. The van der Waals surface area contributed by atoms with E-state index in [1.165, 1.54) is 19.2 Å². The van der Waals surface area contributed by atoms with Crippen LogP contribution in [-0.4, -0.2) is 15.5 Å². The van der Waals surface area contributed by atoms with Crippen LogP contribution < -0.4 is 15.2 Å². The van der Waals surface area contributed by atoms with Crippen LogP contribution in [0.3, 0.4) is 0 Å². The fraction of sp³-hybridized carbons (Fsp3) is 0.0769. The predicted molar refractivity (Wildman–Crippen MR) is 90.1 cm³/mol. The third kappa shape index (κ3) is 3.69. The van der Waals surface area contributed by atoms with Gasteiger partial charge in [0.05, 0.1) is 18.5 Å². The van der Waals surface area contributed by atoms with Crippen LogP contribution in [0.4, 0.5) is 11.4 Å². The molecule has 0 fully saturated rings. The van der Waals surface area contributed by atoms with Crippen LogP contribution in [-0.2, 0) is 10.0 Å². The third-order valence-electron chi connectivity index (χ3n) is 2.66. The summed E-state index contributed by atoms with van der Waals surface area (Å²) in [4.78, 5) is 0.131. The molecule has 0 spiro atoms. The molecule has 0 saturated carbocycles. The number of sulfonamides is 1. The van der Waals surface area contributed by atoms with Gasteiger partial charge in [0, 0.05) is 8.95 Å². The highest BCUT2D eigenvalue weighted by atomic mass is 79.9. The van der Waals surface area contributed by atoms with Crippen molar-refractivity contribution in [3.8, 4) is 5.75 Å². The highest BCUT2D eigenvalue weighted by Gasteiger charge is 2.18. The minimum atomic E-state index is -3.73. The van der Waals surface area contributed by atoms with E-state index in [4.69, 9.17) is 10.5 Å². The Bertz CT molecular complexity index is 779. The quantitative estimate of drug-likeness (QED) is 0.718. The van der Waals surface area contributed by atoms with Crippen LogP contribution in [0.25, 0.3) is 0 Å². The van der Waals surface area contributed by atoms with Crippen molar-refractivity contribution >= 4 is 53.3 Å². The van der Waals surface area contributed by atoms with Crippen molar-refractivity contribution in [3.63, 3.8) is 0 Å². The number of anilines is 2. The third-order valence-corrected chi connectivity index (χ3v) is 5.53. The van der Waals surface area contributed by atoms with Crippen LogP contribution in [0.2, 0.25) is 0 Å². The minimum Gasteiger partial charge on any atom is -0.495 e. The van der Waals surface area contributed by atoms with Crippen molar-refractivity contribution in [1.29, 1.82) is 0 Å². The number of rotatable bonds is 4. The van der Waals surface area contributed by atoms with Crippen molar-refractivity contribution in [2.45, 2.75) is 4.90 Å². The van der Waals surface area contributed by atoms with Crippen LogP contribution in [0.15, 0.2) is 50.2 Å². The Labute approximate surface area is 139 Å². The Hall–Kier alpha value is -1.25. The number of nitrogens with two attached hydrogens (primary N) is 1. The minimum absolute atomic E-state index is 0.131. The lowest BCUT2D eigenvalue weighted by molar-refractivity contribution is 0.417. The summed E-state index contributed by atoms with van der Waals surface area (Å²) < 4.78 is 33.5. The Morgan fingerprint density at radius 2 is 1.86 bits per heavy atom. The lowest BCUT2D eigenvalue weighted by Crippen LogP contribution is -2.13. The topological polar surface area (TPSA) is 81.4 Å². The van der Waals surface area contributed by atoms with Gasteiger partial charge in [-0.2, -0.15) is 0 Å². The van der Waals surface area contributed by atoms with E-state index in [1.54, 1.807) is 24.3 Å². The van der Waals surface area contributed by atoms with Gasteiger partial charge in [-0.25, -0.2) is 8.42 Å².